The molecular weight excluding hydrogens is 296 g/mol. The molecule has 0 unspecified atom stereocenters. The first-order valence-corrected chi connectivity index (χ1v) is 8.58. The second-order valence-electron chi connectivity index (χ2n) is 6.38. The van der Waals surface area contributed by atoms with E-state index in [9.17, 15) is 4.79 Å². The van der Waals surface area contributed by atoms with Crippen molar-refractivity contribution in [2.45, 2.75) is 57.3 Å². The zero-order chi connectivity index (χ0) is 16.2. The Morgan fingerprint density at radius 3 is 2.91 bits per heavy atom. The highest BCUT2D eigenvalue weighted by atomic mass is 16.5. The number of morpholine rings is 1. The highest BCUT2D eigenvalue weighted by molar-refractivity contribution is 5.81. The van der Waals surface area contributed by atoms with E-state index >= 15 is 0 Å². The predicted octanol–water partition coefficient (Wildman–Crippen LogP) is 1.45. The zero-order valence-electron chi connectivity index (χ0n) is 14.0. The minimum Gasteiger partial charge on any atom is -0.366 e. The second-order valence-corrected chi connectivity index (χ2v) is 6.38. The van der Waals surface area contributed by atoms with Crippen LogP contribution in [0, 0.1) is 0 Å². The van der Waals surface area contributed by atoms with Crippen molar-refractivity contribution in [3.8, 4) is 0 Å². The lowest BCUT2D eigenvalue weighted by atomic mass is 10.2. The summed E-state index contributed by atoms with van der Waals surface area (Å²) in [5.74, 6) is 0.835. The molecule has 128 valence electrons. The average Bonchev–Trinajstić information content (AvgIpc) is 3.23. The van der Waals surface area contributed by atoms with Gasteiger partial charge in [0.05, 0.1) is 19.3 Å². The molecule has 0 radical (unpaired) electrons. The van der Waals surface area contributed by atoms with Crippen LogP contribution in [0.4, 0.5) is 0 Å². The molecule has 2 atom stereocenters. The van der Waals surface area contributed by atoms with Crippen LogP contribution in [-0.2, 0) is 21.3 Å². The average molecular weight is 322 g/mol. The number of carbonyl (C=O) groups excluding carboxylic acids is 1. The van der Waals surface area contributed by atoms with E-state index in [4.69, 9.17) is 9.47 Å². The van der Waals surface area contributed by atoms with Gasteiger partial charge in [0.25, 0.3) is 5.91 Å². The van der Waals surface area contributed by atoms with Gasteiger partial charge in [0, 0.05) is 13.6 Å². The number of aromatic nitrogens is 3. The van der Waals surface area contributed by atoms with Gasteiger partial charge in [0.15, 0.2) is 5.82 Å². The van der Waals surface area contributed by atoms with E-state index in [1.54, 1.807) is 6.33 Å². The Labute approximate surface area is 137 Å². The van der Waals surface area contributed by atoms with E-state index in [0.717, 1.165) is 18.7 Å². The molecule has 0 spiro atoms. The number of aryl methyl sites for hydroxylation is 1. The van der Waals surface area contributed by atoms with E-state index in [2.05, 4.69) is 10.2 Å². The van der Waals surface area contributed by atoms with Crippen LogP contribution in [-0.4, -0.2) is 57.5 Å². The predicted molar refractivity (Wildman–Crippen MR) is 83.7 cm³/mol. The first-order chi connectivity index (χ1) is 11.2. The summed E-state index contributed by atoms with van der Waals surface area (Å²) in [4.78, 5) is 14.7. The second kappa shape index (κ2) is 7.40. The Bertz CT molecular complexity index is 527. The van der Waals surface area contributed by atoms with Gasteiger partial charge in [-0.1, -0.05) is 19.8 Å². The fourth-order valence-corrected chi connectivity index (χ4v) is 3.38. The Morgan fingerprint density at radius 1 is 1.48 bits per heavy atom. The van der Waals surface area contributed by atoms with Crippen molar-refractivity contribution in [1.82, 2.24) is 19.7 Å². The highest BCUT2D eigenvalue weighted by Gasteiger charge is 2.33. The van der Waals surface area contributed by atoms with Crippen molar-refractivity contribution in [3.05, 3.63) is 12.2 Å². The molecule has 1 amide bonds. The Morgan fingerprint density at radius 2 is 2.26 bits per heavy atom. The van der Waals surface area contributed by atoms with Crippen LogP contribution in [0.3, 0.4) is 0 Å². The summed E-state index contributed by atoms with van der Waals surface area (Å²) < 4.78 is 13.7. The van der Waals surface area contributed by atoms with Crippen LogP contribution < -0.4 is 0 Å². The van der Waals surface area contributed by atoms with Crippen molar-refractivity contribution in [1.29, 1.82) is 0 Å². The monoisotopic (exact) mass is 322 g/mol. The van der Waals surface area contributed by atoms with Crippen molar-refractivity contribution in [3.63, 3.8) is 0 Å². The summed E-state index contributed by atoms with van der Waals surface area (Å²) >= 11 is 0. The van der Waals surface area contributed by atoms with Crippen LogP contribution in [0.15, 0.2) is 6.33 Å². The topological polar surface area (TPSA) is 69.5 Å². The van der Waals surface area contributed by atoms with Gasteiger partial charge in [-0.25, -0.2) is 0 Å². The molecule has 7 nitrogen and oxygen atoms in total. The Hall–Kier alpha value is -1.47. The molecule has 2 aliphatic rings. The molecule has 3 rings (SSSR count). The number of hydrogen-bond acceptors (Lipinski definition) is 5. The molecule has 1 aliphatic heterocycles. The summed E-state index contributed by atoms with van der Waals surface area (Å²) in [5, 5.41) is 7.99. The van der Waals surface area contributed by atoms with E-state index in [1.165, 1.54) is 12.8 Å². The van der Waals surface area contributed by atoms with E-state index in [-0.39, 0.29) is 24.2 Å². The van der Waals surface area contributed by atoms with Crippen LogP contribution in [0.5, 0.6) is 0 Å². The van der Waals surface area contributed by atoms with Gasteiger partial charge in [-0.3, -0.25) is 4.79 Å². The van der Waals surface area contributed by atoms with Gasteiger partial charge in [-0.15, -0.1) is 10.2 Å². The molecule has 1 aliphatic carbocycles. The molecule has 1 aromatic rings. The van der Waals surface area contributed by atoms with Gasteiger partial charge < -0.3 is 18.9 Å². The number of hydrogen-bond donors (Lipinski definition) is 0. The molecule has 1 saturated heterocycles. The fourth-order valence-electron chi connectivity index (χ4n) is 3.38. The van der Waals surface area contributed by atoms with Gasteiger partial charge in [0.1, 0.15) is 18.5 Å². The maximum atomic E-state index is 12.8. The third-order valence-corrected chi connectivity index (χ3v) is 4.72. The van der Waals surface area contributed by atoms with Crippen molar-refractivity contribution < 1.29 is 14.3 Å². The van der Waals surface area contributed by atoms with E-state index in [1.807, 2.05) is 23.4 Å². The maximum Gasteiger partial charge on any atom is 0.251 e. The number of carbonyl (C=O) groups is 1. The molecule has 2 fully saturated rings. The summed E-state index contributed by atoms with van der Waals surface area (Å²) in [7, 11) is 1.89. The molecule has 0 aromatic carbocycles. The quantitative estimate of drug-likeness (QED) is 0.821. The fraction of sp³-hybridized carbons (Fsp3) is 0.812. The van der Waals surface area contributed by atoms with E-state index < -0.39 is 0 Å². The molecular formula is C16H26N4O3. The van der Waals surface area contributed by atoms with Crippen molar-refractivity contribution >= 4 is 5.91 Å². The minimum absolute atomic E-state index is 0.0786. The van der Waals surface area contributed by atoms with Crippen molar-refractivity contribution in [2.75, 3.05) is 19.7 Å². The SMILES string of the molecule is CC[C@H](OC1CCCC1)C(=O)N1CCO[C@H](c2nncn2C)C1. The molecule has 7 heteroatoms. The third-order valence-electron chi connectivity index (χ3n) is 4.72. The molecule has 1 aromatic heterocycles. The lowest BCUT2D eigenvalue weighted by Gasteiger charge is -2.34. The zero-order valence-corrected chi connectivity index (χ0v) is 14.0. The molecule has 1 saturated carbocycles. The Kier molecular flexibility index (Phi) is 5.27. The lowest BCUT2D eigenvalue weighted by molar-refractivity contribution is -0.155. The highest BCUT2D eigenvalue weighted by Crippen LogP contribution is 2.25. The lowest BCUT2D eigenvalue weighted by Crippen LogP contribution is -2.48. The summed E-state index contributed by atoms with van der Waals surface area (Å²) in [6, 6.07) is 0. The van der Waals surface area contributed by atoms with E-state index in [0.29, 0.717) is 26.1 Å². The molecule has 0 N–H and O–H groups in total. The molecule has 2 heterocycles. The first kappa shape index (κ1) is 16.4. The van der Waals surface area contributed by atoms with Crippen LogP contribution >= 0.6 is 0 Å². The minimum atomic E-state index is -0.337. The standard InChI is InChI=1S/C16H26N4O3/c1-3-13(23-12-6-4-5-7-12)16(21)20-8-9-22-14(10-20)15-18-17-11-19(15)2/h11-14H,3-10H2,1-2H3/t13-,14-/m0/s1. The summed E-state index contributed by atoms with van der Waals surface area (Å²) in [6.45, 7) is 3.65. The van der Waals surface area contributed by atoms with Crippen molar-refractivity contribution in [2.24, 2.45) is 7.05 Å². The normalized spacial score (nSPS) is 24.1. The smallest absolute Gasteiger partial charge is 0.251 e. The van der Waals surface area contributed by atoms with Gasteiger partial charge in [-0.05, 0) is 19.3 Å². The number of ether oxygens (including phenoxy) is 2. The van der Waals surface area contributed by atoms with Crippen LogP contribution in [0.25, 0.3) is 0 Å². The summed E-state index contributed by atoms with van der Waals surface area (Å²) in [5.41, 5.74) is 0. The third kappa shape index (κ3) is 3.72. The molecule has 23 heavy (non-hydrogen) atoms. The first-order valence-electron chi connectivity index (χ1n) is 8.58. The Balaban J connectivity index is 1.62. The maximum absolute atomic E-state index is 12.8. The number of nitrogens with zero attached hydrogens (tertiary/aromatic N) is 4. The van der Waals surface area contributed by atoms with Gasteiger partial charge in [0.2, 0.25) is 0 Å². The number of amides is 1. The molecule has 0 bridgehead atoms. The van der Waals surface area contributed by atoms with Crippen LogP contribution in [0.1, 0.15) is 51.0 Å². The largest absolute Gasteiger partial charge is 0.366 e. The number of rotatable bonds is 5. The summed E-state index contributed by atoms with van der Waals surface area (Å²) in [6.07, 6.45) is 6.63. The van der Waals surface area contributed by atoms with Crippen LogP contribution in [0.2, 0.25) is 0 Å². The van der Waals surface area contributed by atoms with Gasteiger partial charge in [-0.2, -0.15) is 0 Å². The van der Waals surface area contributed by atoms with Gasteiger partial charge >= 0.3 is 0 Å².